The number of hydrogen-bond donors (Lipinski definition) is 2. The fraction of sp³-hybridized carbons (Fsp3) is 0.176. The average Bonchev–Trinajstić information content (AvgIpc) is 2.59. The van der Waals surface area contributed by atoms with Crippen LogP contribution in [-0.2, 0) is 16.1 Å². The van der Waals surface area contributed by atoms with Crippen molar-refractivity contribution in [1.29, 1.82) is 0 Å². The van der Waals surface area contributed by atoms with E-state index in [1.807, 2.05) is 0 Å². The summed E-state index contributed by atoms with van der Waals surface area (Å²) in [6, 6.07) is 12.5. The van der Waals surface area contributed by atoms with E-state index in [2.05, 4.69) is 5.32 Å². The van der Waals surface area contributed by atoms with Gasteiger partial charge in [-0.25, -0.2) is 0 Å². The van der Waals surface area contributed by atoms with Crippen molar-refractivity contribution in [2.75, 3.05) is 11.9 Å². The van der Waals surface area contributed by atoms with E-state index >= 15 is 0 Å². The van der Waals surface area contributed by atoms with E-state index < -0.39 is 18.0 Å². The Kier molecular flexibility index (Phi) is 6.46. The van der Waals surface area contributed by atoms with Crippen LogP contribution in [0.25, 0.3) is 0 Å². The third kappa shape index (κ3) is 6.29. The monoisotopic (exact) mass is 386 g/mol. The van der Waals surface area contributed by atoms with Crippen molar-refractivity contribution in [3.05, 3.63) is 59.1 Å². The van der Waals surface area contributed by atoms with Crippen molar-refractivity contribution in [2.24, 2.45) is 0 Å². The third-order valence-electron chi connectivity index (χ3n) is 3.13. The van der Waals surface area contributed by atoms with E-state index in [4.69, 9.17) is 16.3 Å². The van der Waals surface area contributed by atoms with Gasteiger partial charge in [0.25, 0.3) is 5.91 Å². The Morgan fingerprint density at radius 1 is 1.00 bits per heavy atom. The SMILES string of the molecule is O=C(COc1ccc(Cl)cc1)Nc1ccc(CNC(=O)C(F)(F)F)cc1. The van der Waals surface area contributed by atoms with Crippen LogP contribution in [-0.4, -0.2) is 24.6 Å². The maximum absolute atomic E-state index is 12.1. The summed E-state index contributed by atoms with van der Waals surface area (Å²) < 4.78 is 41.6. The molecule has 5 nitrogen and oxygen atoms in total. The smallest absolute Gasteiger partial charge is 0.471 e. The van der Waals surface area contributed by atoms with E-state index in [1.54, 1.807) is 29.6 Å². The topological polar surface area (TPSA) is 67.4 Å². The number of alkyl halides is 3. The van der Waals surface area contributed by atoms with E-state index in [1.165, 1.54) is 24.3 Å². The number of anilines is 1. The van der Waals surface area contributed by atoms with Gasteiger partial charge in [0.1, 0.15) is 5.75 Å². The van der Waals surface area contributed by atoms with E-state index in [-0.39, 0.29) is 13.2 Å². The Morgan fingerprint density at radius 2 is 1.62 bits per heavy atom. The fourth-order valence-electron chi connectivity index (χ4n) is 1.87. The number of carbonyl (C=O) groups is 2. The molecule has 26 heavy (non-hydrogen) atoms. The summed E-state index contributed by atoms with van der Waals surface area (Å²) in [6.07, 6.45) is -4.92. The highest BCUT2D eigenvalue weighted by Gasteiger charge is 2.38. The second kappa shape index (κ2) is 8.57. The number of benzene rings is 2. The summed E-state index contributed by atoms with van der Waals surface area (Å²) in [6.45, 7) is -0.489. The van der Waals surface area contributed by atoms with Crippen LogP contribution >= 0.6 is 11.6 Å². The maximum atomic E-state index is 12.1. The zero-order valence-corrected chi connectivity index (χ0v) is 14.0. The normalized spacial score (nSPS) is 10.9. The maximum Gasteiger partial charge on any atom is 0.471 e. The van der Waals surface area contributed by atoms with Gasteiger partial charge in [-0.15, -0.1) is 0 Å². The summed E-state index contributed by atoms with van der Waals surface area (Å²) in [5.41, 5.74) is 0.901. The lowest BCUT2D eigenvalue weighted by atomic mass is 10.2. The molecule has 0 aliphatic carbocycles. The van der Waals surface area contributed by atoms with Crippen LogP contribution in [0.3, 0.4) is 0 Å². The molecule has 2 amide bonds. The largest absolute Gasteiger partial charge is 0.484 e. The quantitative estimate of drug-likeness (QED) is 0.798. The Bertz CT molecular complexity index is 762. The number of amides is 2. The summed E-state index contributed by atoms with van der Waals surface area (Å²) >= 11 is 5.74. The molecule has 138 valence electrons. The van der Waals surface area contributed by atoms with Crippen LogP contribution in [0.15, 0.2) is 48.5 Å². The summed E-state index contributed by atoms with van der Waals surface area (Å²) in [4.78, 5) is 22.6. The molecule has 0 bridgehead atoms. The highest BCUT2D eigenvalue weighted by molar-refractivity contribution is 6.30. The summed E-state index contributed by atoms with van der Waals surface area (Å²) in [7, 11) is 0. The predicted octanol–water partition coefficient (Wildman–Crippen LogP) is 3.54. The molecule has 0 unspecified atom stereocenters. The van der Waals surface area contributed by atoms with Gasteiger partial charge in [-0.3, -0.25) is 9.59 Å². The van der Waals surface area contributed by atoms with Gasteiger partial charge in [0, 0.05) is 17.3 Å². The van der Waals surface area contributed by atoms with Gasteiger partial charge in [-0.2, -0.15) is 13.2 Å². The number of hydrogen-bond acceptors (Lipinski definition) is 3. The second-order valence-electron chi connectivity index (χ2n) is 5.17. The predicted molar refractivity (Wildman–Crippen MR) is 89.9 cm³/mol. The van der Waals surface area contributed by atoms with Crippen LogP contribution in [0.4, 0.5) is 18.9 Å². The van der Waals surface area contributed by atoms with Gasteiger partial charge in [0.15, 0.2) is 6.61 Å². The minimum Gasteiger partial charge on any atom is -0.484 e. The summed E-state index contributed by atoms with van der Waals surface area (Å²) in [5, 5.41) is 4.89. The number of nitrogens with one attached hydrogen (secondary N) is 2. The van der Waals surface area contributed by atoms with E-state index in [0.29, 0.717) is 22.0 Å². The molecule has 0 aliphatic rings. The zero-order valence-electron chi connectivity index (χ0n) is 13.3. The Hall–Kier alpha value is -2.74. The molecule has 0 fully saturated rings. The molecule has 0 aromatic heterocycles. The molecule has 0 saturated heterocycles. The third-order valence-corrected chi connectivity index (χ3v) is 3.38. The van der Waals surface area contributed by atoms with Gasteiger partial charge in [0.2, 0.25) is 0 Å². The fourth-order valence-corrected chi connectivity index (χ4v) is 1.99. The van der Waals surface area contributed by atoms with Gasteiger partial charge >= 0.3 is 12.1 Å². The van der Waals surface area contributed by atoms with Crippen LogP contribution in [0.1, 0.15) is 5.56 Å². The van der Waals surface area contributed by atoms with Crippen molar-refractivity contribution in [3.63, 3.8) is 0 Å². The Morgan fingerprint density at radius 3 is 2.19 bits per heavy atom. The van der Waals surface area contributed by atoms with Crippen molar-refractivity contribution in [2.45, 2.75) is 12.7 Å². The average molecular weight is 387 g/mol. The molecule has 2 N–H and O–H groups in total. The van der Waals surface area contributed by atoms with Crippen LogP contribution in [0, 0.1) is 0 Å². The second-order valence-corrected chi connectivity index (χ2v) is 5.60. The first kappa shape index (κ1) is 19.6. The lowest BCUT2D eigenvalue weighted by Gasteiger charge is -2.10. The number of carbonyl (C=O) groups excluding carboxylic acids is 2. The van der Waals surface area contributed by atoms with Crippen LogP contribution in [0.5, 0.6) is 5.75 Å². The Labute approximate surface area is 152 Å². The molecule has 2 rings (SSSR count). The highest BCUT2D eigenvalue weighted by Crippen LogP contribution is 2.16. The summed E-state index contributed by atoms with van der Waals surface area (Å²) in [5.74, 6) is -1.92. The first-order valence-corrected chi connectivity index (χ1v) is 7.74. The van der Waals surface area contributed by atoms with Crippen LogP contribution in [0.2, 0.25) is 5.02 Å². The molecule has 0 atom stereocenters. The minimum absolute atomic E-state index is 0.217. The van der Waals surface area contributed by atoms with E-state index in [9.17, 15) is 22.8 Å². The molecule has 2 aromatic rings. The van der Waals surface area contributed by atoms with Crippen molar-refractivity contribution >= 4 is 29.1 Å². The van der Waals surface area contributed by atoms with Gasteiger partial charge in [-0.05, 0) is 42.0 Å². The molecular formula is C17H14ClF3N2O3. The first-order chi connectivity index (χ1) is 12.2. The van der Waals surface area contributed by atoms with Crippen LogP contribution < -0.4 is 15.4 Å². The number of halogens is 4. The standard InChI is InChI=1S/C17H14ClF3N2O3/c18-12-3-7-14(8-4-12)26-10-15(24)23-13-5-1-11(2-6-13)9-22-16(25)17(19,20)21/h1-8H,9-10H2,(H,22,25)(H,23,24). The van der Waals surface area contributed by atoms with Crippen molar-refractivity contribution in [1.82, 2.24) is 5.32 Å². The van der Waals surface area contributed by atoms with Gasteiger partial charge < -0.3 is 15.4 Å². The van der Waals surface area contributed by atoms with Crippen molar-refractivity contribution < 1.29 is 27.5 Å². The molecular weight excluding hydrogens is 373 g/mol. The number of rotatable bonds is 6. The lowest BCUT2D eigenvalue weighted by molar-refractivity contribution is -0.173. The Balaban J connectivity index is 1.79. The van der Waals surface area contributed by atoms with Gasteiger partial charge in [0.05, 0.1) is 0 Å². The molecule has 9 heteroatoms. The van der Waals surface area contributed by atoms with E-state index in [0.717, 1.165) is 0 Å². The molecule has 2 aromatic carbocycles. The number of ether oxygens (including phenoxy) is 1. The molecule has 0 aliphatic heterocycles. The first-order valence-electron chi connectivity index (χ1n) is 7.36. The highest BCUT2D eigenvalue weighted by atomic mass is 35.5. The van der Waals surface area contributed by atoms with Gasteiger partial charge in [-0.1, -0.05) is 23.7 Å². The van der Waals surface area contributed by atoms with Crippen molar-refractivity contribution in [3.8, 4) is 5.75 Å². The molecule has 0 saturated carbocycles. The molecule has 0 radical (unpaired) electrons. The molecule has 0 heterocycles. The minimum atomic E-state index is -4.92. The lowest BCUT2D eigenvalue weighted by Crippen LogP contribution is -2.36. The zero-order chi connectivity index (χ0) is 19.2. The molecule has 0 spiro atoms.